The second-order valence-corrected chi connectivity index (χ2v) is 5.54. The molecule has 1 unspecified atom stereocenters. The topological polar surface area (TPSA) is 48.7 Å². The van der Waals surface area contributed by atoms with Gasteiger partial charge in [-0.25, -0.2) is 4.98 Å². The summed E-state index contributed by atoms with van der Waals surface area (Å²) in [6.45, 7) is 2.09. The van der Waals surface area contributed by atoms with Gasteiger partial charge in [0.05, 0.1) is 23.2 Å². The van der Waals surface area contributed by atoms with E-state index in [2.05, 4.69) is 34.7 Å². The van der Waals surface area contributed by atoms with Crippen molar-refractivity contribution in [1.82, 2.24) is 4.98 Å². The van der Waals surface area contributed by atoms with Gasteiger partial charge in [0, 0.05) is 10.3 Å². The molecule has 20 heavy (non-hydrogen) atoms. The Morgan fingerprint density at radius 1 is 1.25 bits per heavy atom. The predicted molar refractivity (Wildman–Crippen MR) is 82.8 cm³/mol. The minimum Gasteiger partial charge on any atom is -0.363 e. The van der Waals surface area contributed by atoms with Crippen LogP contribution in [-0.2, 0) is 0 Å². The number of thiophene rings is 1. The highest BCUT2D eigenvalue weighted by Crippen LogP contribution is 2.25. The number of benzene rings is 1. The van der Waals surface area contributed by atoms with Crippen molar-refractivity contribution in [2.24, 2.45) is 0 Å². The Morgan fingerprint density at radius 2 is 2.10 bits per heavy atom. The number of hydrogen-bond donors (Lipinski definition) is 1. The molecule has 0 aliphatic heterocycles. The Labute approximate surface area is 121 Å². The Kier molecular flexibility index (Phi) is 3.36. The van der Waals surface area contributed by atoms with Crippen LogP contribution in [0.25, 0.3) is 10.9 Å². The molecule has 3 aromatic rings. The molecular weight excluding hydrogens is 266 g/mol. The molecule has 3 nitrogen and oxygen atoms in total. The van der Waals surface area contributed by atoms with E-state index < -0.39 is 0 Å². The van der Waals surface area contributed by atoms with Crippen LogP contribution in [0.15, 0.2) is 47.8 Å². The number of nitrogens with zero attached hydrogens (tertiary/aromatic N) is 2. The number of anilines is 1. The van der Waals surface area contributed by atoms with E-state index in [-0.39, 0.29) is 6.04 Å². The molecule has 0 saturated heterocycles. The molecule has 0 aliphatic carbocycles. The molecule has 1 atom stereocenters. The summed E-state index contributed by atoms with van der Waals surface area (Å²) >= 11 is 1.71. The van der Waals surface area contributed by atoms with Gasteiger partial charge < -0.3 is 5.32 Å². The minimum absolute atomic E-state index is 0.176. The van der Waals surface area contributed by atoms with E-state index in [0.29, 0.717) is 5.56 Å². The molecule has 0 saturated carbocycles. The molecule has 0 aliphatic rings. The van der Waals surface area contributed by atoms with Gasteiger partial charge in [-0.05, 0) is 30.5 Å². The molecule has 0 spiro atoms. The minimum atomic E-state index is 0.176. The number of para-hydroxylation sites is 1. The fourth-order valence-electron chi connectivity index (χ4n) is 2.17. The first-order chi connectivity index (χ1) is 9.78. The second-order valence-electron chi connectivity index (χ2n) is 4.57. The number of rotatable bonds is 3. The largest absolute Gasteiger partial charge is 0.363 e. The lowest BCUT2D eigenvalue weighted by molar-refractivity contribution is 0.898. The third-order valence-electron chi connectivity index (χ3n) is 3.17. The first kappa shape index (κ1) is 12.6. The normalized spacial score (nSPS) is 12.0. The summed E-state index contributed by atoms with van der Waals surface area (Å²) in [5.74, 6) is 0.737. The highest BCUT2D eigenvalue weighted by Gasteiger charge is 2.09. The van der Waals surface area contributed by atoms with Crippen LogP contribution in [0.3, 0.4) is 0 Å². The quantitative estimate of drug-likeness (QED) is 0.775. The van der Waals surface area contributed by atoms with Crippen molar-refractivity contribution in [1.29, 1.82) is 5.26 Å². The summed E-state index contributed by atoms with van der Waals surface area (Å²) in [6.07, 6.45) is 0. The zero-order valence-electron chi connectivity index (χ0n) is 11.0. The predicted octanol–water partition coefficient (Wildman–Crippen LogP) is 4.34. The molecule has 0 amide bonds. The maximum absolute atomic E-state index is 9.27. The average molecular weight is 279 g/mol. The lowest BCUT2D eigenvalue weighted by atomic mass is 10.1. The first-order valence-electron chi connectivity index (χ1n) is 6.38. The number of nitriles is 1. The van der Waals surface area contributed by atoms with E-state index in [1.807, 2.05) is 36.4 Å². The lowest BCUT2D eigenvalue weighted by Gasteiger charge is -2.14. The molecule has 3 rings (SSSR count). The van der Waals surface area contributed by atoms with E-state index in [9.17, 15) is 5.26 Å². The third kappa shape index (κ3) is 2.36. The molecule has 1 aromatic carbocycles. The van der Waals surface area contributed by atoms with Gasteiger partial charge in [-0.3, -0.25) is 0 Å². The number of aromatic nitrogens is 1. The van der Waals surface area contributed by atoms with Gasteiger partial charge in [-0.2, -0.15) is 5.26 Å². The zero-order valence-corrected chi connectivity index (χ0v) is 11.8. The second kappa shape index (κ2) is 5.32. The number of pyridine rings is 1. The van der Waals surface area contributed by atoms with Crippen molar-refractivity contribution in [3.05, 3.63) is 58.3 Å². The van der Waals surface area contributed by atoms with Gasteiger partial charge in [0.1, 0.15) is 5.82 Å². The van der Waals surface area contributed by atoms with E-state index in [1.54, 1.807) is 11.3 Å². The molecule has 2 aromatic heterocycles. The van der Waals surface area contributed by atoms with Crippen molar-refractivity contribution in [3.63, 3.8) is 0 Å². The molecule has 0 radical (unpaired) electrons. The summed E-state index contributed by atoms with van der Waals surface area (Å²) in [7, 11) is 0. The monoisotopic (exact) mass is 279 g/mol. The van der Waals surface area contributed by atoms with Crippen LogP contribution in [0.2, 0.25) is 0 Å². The summed E-state index contributed by atoms with van der Waals surface area (Å²) in [5.41, 5.74) is 1.49. The fraction of sp³-hybridized carbons (Fsp3) is 0.125. The van der Waals surface area contributed by atoms with Crippen LogP contribution in [0.1, 0.15) is 23.4 Å². The first-order valence-corrected chi connectivity index (χ1v) is 7.26. The Balaban J connectivity index is 1.98. The lowest BCUT2D eigenvalue weighted by Crippen LogP contribution is -2.06. The van der Waals surface area contributed by atoms with Crippen LogP contribution < -0.4 is 5.32 Å². The maximum atomic E-state index is 9.27. The van der Waals surface area contributed by atoms with Gasteiger partial charge in [0.15, 0.2) is 0 Å². The van der Waals surface area contributed by atoms with Gasteiger partial charge >= 0.3 is 0 Å². The smallest absolute Gasteiger partial charge is 0.128 e. The highest BCUT2D eigenvalue weighted by molar-refractivity contribution is 7.10. The SMILES string of the molecule is CC(Nc1cc(C#N)c2ccccc2n1)c1cccs1. The van der Waals surface area contributed by atoms with Crippen molar-refractivity contribution in [3.8, 4) is 6.07 Å². The molecule has 0 bridgehead atoms. The van der Waals surface area contributed by atoms with E-state index in [0.717, 1.165) is 16.7 Å². The summed E-state index contributed by atoms with van der Waals surface area (Å²) in [5, 5.41) is 15.6. The van der Waals surface area contributed by atoms with Crippen molar-refractivity contribution < 1.29 is 0 Å². The molecule has 2 heterocycles. The maximum Gasteiger partial charge on any atom is 0.128 e. The number of nitrogens with one attached hydrogen (secondary N) is 1. The third-order valence-corrected chi connectivity index (χ3v) is 4.23. The van der Waals surface area contributed by atoms with Crippen LogP contribution in [0, 0.1) is 11.3 Å². The molecule has 98 valence electrons. The number of hydrogen-bond acceptors (Lipinski definition) is 4. The molecular formula is C16H13N3S. The van der Waals surface area contributed by atoms with Gasteiger partial charge in [0.25, 0.3) is 0 Å². The van der Waals surface area contributed by atoms with E-state index >= 15 is 0 Å². The van der Waals surface area contributed by atoms with Gasteiger partial charge in [0.2, 0.25) is 0 Å². The van der Waals surface area contributed by atoms with Gasteiger partial charge in [-0.15, -0.1) is 11.3 Å². The van der Waals surface area contributed by atoms with Crippen molar-refractivity contribution in [2.45, 2.75) is 13.0 Å². The fourth-order valence-corrected chi connectivity index (χ4v) is 2.91. The molecule has 0 fully saturated rings. The average Bonchev–Trinajstić information content (AvgIpc) is 3.00. The van der Waals surface area contributed by atoms with Crippen LogP contribution in [0.5, 0.6) is 0 Å². The summed E-state index contributed by atoms with van der Waals surface area (Å²) in [4.78, 5) is 5.82. The highest BCUT2D eigenvalue weighted by atomic mass is 32.1. The van der Waals surface area contributed by atoms with Crippen molar-refractivity contribution in [2.75, 3.05) is 5.32 Å². The Hall–Kier alpha value is -2.38. The van der Waals surface area contributed by atoms with E-state index in [4.69, 9.17) is 0 Å². The van der Waals surface area contributed by atoms with Crippen LogP contribution in [-0.4, -0.2) is 4.98 Å². The molecule has 4 heteroatoms. The summed E-state index contributed by atoms with van der Waals surface area (Å²) < 4.78 is 0. The van der Waals surface area contributed by atoms with Crippen LogP contribution >= 0.6 is 11.3 Å². The van der Waals surface area contributed by atoms with Crippen molar-refractivity contribution >= 4 is 28.1 Å². The zero-order chi connectivity index (χ0) is 13.9. The Morgan fingerprint density at radius 3 is 2.85 bits per heavy atom. The standard InChI is InChI=1S/C16H13N3S/c1-11(15-7-4-8-20-15)18-16-9-12(10-17)13-5-2-3-6-14(13)19-16/h2-9,11H,1H3,(H,18,19). The summed E-state index contributed by atoms with van der Waals surface area (Å²) in [6, 6.07) is 16.1. The Bertz CT molecular complexity index is 772. The van der Waals surface area contributed by atoms with Crippen LogP contribution in [0.4, 0.5) is 5.82 Å². The number of fused-ring (bicyclic) bond motifs is 1. The van der Waals surface area contributed by atoms with Gasteiger partial charge in [-0.1, -0.05) is 24.3 Å². The van der Waals surface area contributed by atoms with E-state index in [1.165, 1.54) is 4.88 Å². The molecule has 1 N–H and O–H groups in total.